The molecule has 0 fully saturated rings. The van der Waals surface area contributed by atoms with E-state index in [2.05, 4.69) is 32.9 Å². The molecule has 3 aromatic rings. The van der Waals surface area contributed by atoms with Gasteiger partial charge in [0.25, 0.3) is 0 Å². The Kier molecular flexibility index (Phi) is 17.1. The molecule has 2 heterocycles. The van der Waals surface area contributed by atoms with E-state index in [1.807, 2.05) is 0 Å². The Morgan fingerprint density at radius 2 is 1.70 bits per heavy atom. The number of imidazole rings is 1. The number of nitrogens with zero attached hydrogens (tertiary/aromatic N) is 4. The fourth-order valence-corrected chi connectivity index (χ4v) is 6.84. The summed E-state index contributed by atoms with van der Waals surface area (Å²) in [6.45, 7) is 3.01. The van der Waals surface area contributed by atoms with Gasteiger partial charge in [-0.1, -0.05) is 102 Å². The fraction of sp³-hybridized carbons (Fsp3) is 0.600. The van der Waals surface area contributed by atoms with Crippen LogP contribution in [0, 0.1) is 18.4 Å². The number of rotatable bonds is 25. The predicted octanol–water partition coefficient (Wildman–Crippen LogP) is 6.35. The Morgan fingerprint density at radius 3 is 2.30 bits per heavy atom. The van der Waals surface area contributed by atoms with Crippen LogP contribution in [0.3, 0.4) is 0 Å². The lowest BCUT2D eigenvalue weighted by Gasteiger charge is -2.33. The first kappa shape index (κ1) is 40.8. The number of esters is 1. The lowest BCUT2D eigenvalue weighted by molar-refractivity contribution is -0.145. The summed E-state index contributed by atoms with van der Waals surface area (Å²) in [5.41, 5.74) is 4.01. The molecule has 0 aliphatic rings. The molecule has 0 saturated carbocycles. The summed E-state index contributed by atoms with van der Waals surface area (Å²) in [5, 5.41) is 13.9. The zero-order chi connectivity index (χ0) is 36.4. The number of hydrogen-bond acceptors (Lipinski definition) is 11. The SMILES string of the molecule is C#C[C@](COP(=O)(N[C@@H](C)C(=O)OCCCCCCCCCCCCCC)Oc1ccccc1)(OC)[C@@H](O)Cn1cnc2c(N)nc(F)nc21. The minimum absolute atomic E-state index is 0.0209. The zero-order valence-electron chi connectivity index (χ0n) is 29.4. The van der Waals surface area contributed by atoms with Crippen molar-refractivity contribution in [2.75, 3.05) is 26.1 Å². The molecule has 2 aromatic heterocycles. The largest absolute Gasteiger partial charge is 0.465 e. The van der Waals surface area contributed by atoms with Gasteiger partial charge in [0, 0.05) is 7.11 Å². The molecule has 0 spiro atoms. The number of anilines is 1. The first-order chi connectivity index (χ1) is 24.1. The predicted molar refractivity (Wildman–Crippen MR) is 190 cm³/mol. The van der Waals surface area contributed by atoms with Crippen LogP contribution in [0.1, 0.15) is 90.9 Å². The van der Waals surface area contributed by atoms with Gasteiger partial charge in [-0.3, -0.25) is 9.32 Å². The van der Waals surface area contributed by atoms with Gasteiger partial charge in [-0.25, -0.2) is 9.55 Å². The van der Waals surface area contributed by atoms with Crippen LogP contribution in [0.4, 0.5) is 10.2 Å². The molecule has 0 bridgehead atoms. The number of aromatic nitrogens is 4. The van der Waals surface area contributed by atoms with Crippen LogP contribution in [0.2, 0.25) is 0 Å². The van der Waals surface area contributed by atoms with Gasteiger partial charge in [-0.15, -0.1) is 6.42 Å². The summed E-state index contributed by atoms with van der Waals surface area (Å²) in [4.78, 5) is 24.1. The number of benzene rings is 1. The zero-order valence-corrected chi connectivity index (χ0v) is 30.3. The quantitative estimate of drug-likeness (QED) is 0.0292. The number of nitrogens with one attached hydrogen (secondary N) is 1. The summed E-state index contributed by atoms with van der Waals surface area (Å²) in [5.74, 6) is 1.75. The molecule has 0 saturated heterocycles. The van der Waals surface area contributed by atoms with Crippen molar-refractivity contribution in [2.45, 2.75) is 115 Å². The maximum atomic E-state index is 14.1. The van der Waals surface area contributed by atoms with E-state index in [0.717, 1.165) is 25.7 Å². The van der Waals surface area contributed by atoms with Crippen LogP contribution in [-0.2, 0) is 29.9 Å². The smallest absolute Gasteiger partial charge is 0.459 e. The summed E-state index contributed by atoms with van der Waals surface area (Å²) < 4.78 is 51.7. The molecule has 3 rings (SSSR count). The molecule has 1 aromatic carbocycles. The molecule has 13 nitrogen and oxygen atoms in total. The second-order valence-electron chi connectivity index (χ2n) is 12.3. The van der Waals surface area contributed by atoms with E-state index in [4.69, 9.17) is 30.7 Å². The standard InChI is InChI=1S/C35H52FN6O7P/c1-5-7-8-9-10-11-12-13-14-15-16-20-23-47-33(44)27(3)41-50(45,49-28-21-18-17-19-22-28)48-25-35(6-2,46-4)29(43)24-42-26-38-30-31(37)39-34(36)40-32(30)42/h2,17-19,21-22,26-27,29,43H,5,7-16,20,23-25H2,1,3-4H3,(H,41,45)(H2,37,39,40)/t27-,29-,35+,50?/m0/s1. The maximum absolute atomic E-state index is 14.1. The van der Waals surface area contributed by atoms with Crippen molar-refractivity contribution >= 4 is 30.7 Å². The molecule has 0 aliphatic carbocycles. The molecule has 15 heteroatoms. The highest BCUT2D eigenvalue weighted by Crippen LogP contribution is 2.46. The highest BCUT2D eigenvalue weighted by molar-refractivity contribution is 7.52. The van der Waals surface area contributed by atoms with Crippen molar-refractivity contribution in [3.63, 3.8) is 0 Å². The van der Waals surface area contributed by atoms with Crippen molar-refractivity contribution in [1.29, 1.82) is 0 Å². The van der Waals surface area contributed by atoms with Crippen LogP contribution in [0.5, 0.6) is 5.75 Å². The van der Waals surface area contributed by atoms with Crippen LogP contribution in [0.25, 0.3) is 11.2 Å². The van der Waals surface area contributed by atoms with Gasteiger partial charge >= 0.3 is 19.8 Å². The van der Waals surface area contributed by atoms with Gasteiger partial charge in [0.05, 0.1) is 19.5 Å². The number of aliphatic hydroxyl groups excluding tert-OH is 1. The highest BCUT2D eigenvalue weighted by atomic mass is 31.2. The number of halogens is 1. The van der Waals surface area contributed by atoms with Gasteiger partial charge in [0.1, 0.15) is 30.0 Å². The molecule has 4 N–H and O–H groups in total. The number of fused-ring (bicyclic) bond motifs is 1. The van der Waals surface area contributed by atoms with Gasteiger partial charge in [0.15, 0.2) is 17.1 Å². The fourth-order valence-electron chi connectivity index (χ4n) is 5.32. The Bertz CT molecular complexity index is 1560. The van der Waals surface area contributed by atoms with Gasteiger partial charge in [-0.05, 0) is 25.5 Å². The summed E-state index contributed by atoms with van der Waals surface area (Å²) in [7, 11) is -3.11. The number of methoxy groups -OCH3 is 1. The number of carbonyl (C=O) groups excluding carboxylic acids is 1. The third-order valence-electron chi connectivity index (χ3n) is 8.35. The molecule has 1 unspecified atom stereocenters. The van der Waals surface area contributed by atoms with E-state index in [1.54, 1.807) is 30.3 Å². The summed E-state index contributed by atoms with van der Waals surface area (Å²) in [6.07, 6.45) is 18.8. The van der Waals surface area contributed by atoms with Crippen molar-refractivity contribution < 1.29 is 37.4 Å². The highest BCUT2D eigenvalue weighted by Gasteiger charge is 2.42. The van der Waals surface area contributed by atoms with Crippen LogP contribution in [-0.4, -0.2) is 68.7 Å². The van der Waals surface area contributed by atoms with Crippen LogP contribution >= 0.6 is 7.75 Å². The number of ether oxygens (including phenoxy) is 2. The van der Waals surface area contributed by atoms with Gasteiger partial charge in [0.2, 0.25) is 0 Å². The number of aliphatic hydroxyl groups is 1. The molecular formula is C35H52FN6O7P. The average Bonchev–Trinajstić information content (AvgIpc) is 3.50. The van der Waals surface area contributed by atoms with Crippen molar-refractivity contribution in [1.82, 2.24) is 24.6 Å². The Balaban J connectivity index is 1.55. The van der Waals surface area contributed by atoms with E-state index in [9.17, 15) is 18.9 Å². The number of para-hydroxylation sites is 1. The lowest BCUT2D eigenvalue weighted by atomic mass is 9.98. The number of terminal acetylenes is 1. The number of carbonyl (C=O) groups is 1. The van der Waals surface area contributed by atoms with Gasteiger partial charge < -0.3 is 29.4 Å². The molecule has 276 valence electrons. The molecule has 0 radical (unpaired) electrons. The lowest BCUT2D eigenvalue weighted by Crippen LogP contribution is -2.49. The molecule has 50 heavy (non-hydrogen) atoms. The van der Waals surface area contributed by atoms with Crippen LogP contribution in [0.15, 0.2) is 36.7 Å². The molecule has 0 aliphatic heterocycles. The Morgan fingerprint density at radius 1 is 1.08 bits per heavy atom. The number of hydrogen-bond donors (Lipinski definition) is 3. The first-order valence-corrected chi connectivity index (χ1v) is 18.9. The average molecular weight is 719 g/mol. The topological polar surface area (TPSA) is 173 Å². The van der Waals surface area contributed by atoms with E-state index in [0.29, 0.717) is 0 Å². The number of unbranched alkanes of at least 4 members (excludes halogenated alkanes) is 11. The van der Waals surface area contributed by atoms with E-state index in [1.165, 1.54) is 76.3 Å². The minimum Gasteiger partial charge on any atom is -0.465 e. The van der Waals surface area contributed by atoms with E-state index >= 15 is 0 Å². The van der Waals surface area contributed by atoms with E-state index < -0.39 is 44.1 Å². The van der Waals surface area contributed by atoms with Crippen molar-refractivity contribution in [2.24, 2.45) is 0 Å². The molecule has 0 amide bonds. The van der Waals surface area contributed by atoms with Gasteiger partial charge in [-0.2, -0.15) is 19.4 Å². The number of nitrogen functional groups attached to an aromatic ring is 1. The Hall–Kier alpha value is -3.60. The van der Waals surface area contributed by atoms with Crippen molar-refractivity contribution in [3.8, 4) is 18.1 Å². The summed E-state index contributed by atoms with van der Waals surface area (Å²) >= 11 is 0. The summed E-state index contributed by atoms with van der Waals surface area (Å²) in [6, 6.07) is 7.12. The third-order valence-corrected chi connectivity index (χ3v) is 9.97. The normalized spacial score (nSPS) is 15.1. The second-order valence-corrected chi connectivity index (χ2v) is 14.0. The first-order valence-electron chi connectivity index (χ1n) is 17.3. The molecule has 4 atom stereocenters. The number of nitrogens with two attached hydrogens (primary N) is 1. The second kappa shape index (κ2) is 20.9. The monoisotopic (exact) mass is 718 g/mol. The van der Waals surface area contributed by atoms with Crippen molar-refractivity contribution in [3.05, 3.63) is 42.7 Å². The maximum Gasteiger partial charge on any atom is 0.459 e. The van der Waals surface area contributed by atoms with E-state index in [-0.39, 0.29) is 35.9 Å². The third kappa shape index (κ3) is 12.6. The molecular weight excluding hydrogens is 666 g/mol. The Labute approximate surface area is 294 Å². The van der Waals surface area contributed by atoms with Crippen LogP contribution < -0.4 is 15.3 Å². The minimum atomic E-state index is -4.35.